The van der Waals surface area contributed by atoms with Crippen LogP contribution in [0.5, 0.6) is 0 Å². The molecular weight excluding hydrogens is 517 g/mol. The highest BCUT2D eigenvalue weighted by atomic mass is 32.1. The highest BCUT2D eigenvalue weighted by Crippen LogP contribution is 2.42. The number of halogens is 3. The Morgan fingerprint density at radius 3 is 2.55 bits per heavy atom. The number of thiazole rings is 1. The number of carbonyl (C=O) groups excluding carboxylic acids is 2. The van der Waals surface area contributed by atoms with Gasteiger partial charge in [0, 0.05) is 36.4 Å². The van der Waals surface area contributed by atoms with E-state index in [0.717, 1.165) is 34.5 Å². The van der Waals surface area contributed by atoms with E-state index in [1.807, 2.05) is 0 Å². The fraction of sp³-hybridized carbons (Fsp3) is 0.556. The van der Waals surface area contributed by atoms with Crippen LogP contribution in [0.3, 0.4) is 0 Å². The maximum absolute atomic E-state index is 12.9. The fourth-order valence-electron chi connectivity index (χ4n) is 4.63. The quantitative estimate of drug-likeness (QED) is 0.308. The second-order valence-corrected chi connectivity index (χ2v) is 11.6. The number of nitrogens with zero attached hydrogens (tertiary/aromatic N) is 1. The van der Waals surface area contributed by atoms with E-state index in [0.29, 0.717) is 43.7 Å². The summed E-state index contributed by atoms with van der Waals surface area (Å²) < 4.78 is 38.6. The van der Waals surface area contributed by atoms with E-state index in [2.05, 4.69) is 29.5 Å². The second-order valence-electron chi connectivity index (χ2n) is 10.5. The fourth-order valence-corrected chi connectivity index (χ4v) is 5.91. The summed E-state index contributed by atoms with van der Waals surface area (Å²) in [6, 6.07) is 3.63. The predicted octanol–water partition coefficient (Wildman–Crippen LogP) is 5.08. The minimum Gasteiger partial charge on any atom is -0.384 e. The summed E-state index contributed by atoms with van der Waals surface area (Å²) in [5, 5.41) is 25.8. The van der Waals surface area contributed by atoms with Crippen LogP contribution in [0.2, 0.25) is 0 Å². The van der Waals surface area contributed by atoms with Crippen molar-refractivity contribution in [1.29, 1.82) is 5.41 Å². The molecular formula is C27H35F3N4O3S. The molecule has 0 saturated heterocycles. The summed E-state index contributed by atoms with van der Waals surface area (Å²) in [5.41, 5.74) is -1.54. The van der Waals surface area contributed by atoms with E-state index >= 15 is 0 Å². The molecule has 0 bridgehead atoms. The molecule has 2 aromatic rings. The van der Waals surface area contributed by atoms with Crippen molar-refractivity contribution >= 4 is 28.9 Å². The summed E-state index contributed by atoms with van der Waals surface area (Å²) in [4.78, 5) is 29.8. The predicted molar refractivity (Wildman–Crippen MR) is 140 cm³/mol. The summed E-state index contributed by atoms with van der Waals surface area (Å²) >= 11 is 1.56. The molecule has 1 heterocycles. The Morgan fingerprint density at radius 2 is 1.92 bits per heavy atom. The van der Waals surface area contributed by atoms with Crippen molar-refractivity contribution in [3.05, 3.63) is 51.5 Å². The van der Waals surface area contributed by atoms with Gasteiger partial charge in [-0.15, -0.1) is 11.3 Å². The topological polar surface area (TPSA) is 115 Å². The van der Waals surface area contributed by atoms with Crippen LogP contribution in [0.4, 0.5) is 13.2 Å². The van der Waals surface area contributed by atoms with E-state index in [9.17, 15) is 27.9 Å². The van der Waals surface area contributed by atoms with Crippen molar-refractivity contribution < 1.29 is 27.9 Å². The third-order valence-corrected chi connectivity index (χ3v) is 7.91. The van der Waals surface area contributed by atoms with Gasteiger partial charge in [-0.25, -0.2) is 4.98 Å². The number of aliphatic hydroxyl groups is 1. The Morgan fingerprint density at radius 1 is 1.24 bits per heavy atom. The van der Waals surface area contributed by atoms with Crippen molar-refractivity contribution in [2.75, 3.05) is 6.54 Å². The lowest BCUT2D eigenvalue weighted by Crippen LogP contribution is -2.42. The number of benzene rings is 1. The third kappa shape index (κ3) is 8.10. The lowest BCUT2D eigenvalue weighted by molar-refractivity contribution is -0.137. The number of carbonyl (C=O) groups is 2. The summed E-state index contributed by atoms with van der Waals surface area (Å²) in [5.74, 6) is -0.767. The van der Waals surface area contributed by atoms with Gasteiger partial charge in [0.2, 0.25) is 5.91 Å². The van der Waals surface area contributed by atoms with E-state index in [4.69, 9.17) is 5.41 Å². The first-order valence-corrected chi connectivity index (χ1v) is 13.6. The number of hydrogen-bond acceptors (Lipinski definition) is 6. The van der Waals surface area contributed by atoms with Gasteiger partial charge in [0.25, 0.3) is 5.91 Å². The molecule has 0 radical (unpaired) electrons. The van der Waals surface area contributed by atoms with E-state index in [1.165, 1.54) is 6.07 Å². The number of nitrogens with one attached hydrogen (secondary N) is 3. The van der Waals surface area contributed by atoms with Gasteiger partial charge < -0.3 is 21.1 Å². The summed E-state index contributed by atoms with van der Waals surface area (Å²) in [7, 11) is 0. The molecule has 0 unspecified atom stereocenters. The molecule has 1 saturated carbocycles. The Kier molecular flexibility index (Phi) is 9.69. The number of amides is 2. The van der Waals surface area contributed by atoms with Crippen LogP contribution in [0.25, 0.3) is 0 Å². The normalized spacial score (nSPS) is 20.7. The zero-order valence-electron chi connectivity index (χ0n) is 21.8. The Balaban J connectivity index is 1.42. The molecule has 11 heteroatoms. The lowest BCUT2D eigenvalue weighted by atomic mass is 9.75. The van der Waals surface area contributed by atoms with Crippen LogP contribution in [-0.4, -0.2) is 40.2 Å². The van der Waals surface area contributed by atoms with Gasteiger partial charge in [-0.2, -0.15) is 13.2 Å². The molecule has 1 aromatic heterocycles. The zero-order chi connectivity index (χ0) is 28.1. The number of alkyl halides is 3. The van der Waals surface area contributed by atoms with Gasteiger partial charge in [-0.3, -0.25) is 9.59 Å². The van der Waals surface area contributed by atoms with Gasteiger partial charge in [0.1, 0.15) is 5.60 Å². The van der Waals surface area contributed by atoms with E-state index < -0.39 is 35.7 Å². The molecule has 1 aromatic carbocycles. The van der Waals surface area contributed by atoms with Gasteiger partial charge in [-0.05, 0) is 62.6 Å². The summed E-state index contributed by atoms with van der Waals surface area (Å²) in [6.07, 6.45) is 0.848. The minimum atomic E-state index is -4.57. The second kappa shape index (κ2) is 12.4. The van der Waals surface area contributed by atoms with Crippen molar-refractivity contribution in [2.24, 2.45) is 11.8 Å². The van der Waals surface area contributed by atoms with Crippen molar-refractivity contribution in [3.8, 4) is 0 Å². The average molecular weight is 553 g/mol. The number of aromatic nitrogens is 1. The molecule has 2 amide bonds. The van der Waals surface area contributed by atoms with Gasteiger partial charge in [-0.1, -0.05) is 19.9 Å². The molecule has 1 atom stereocenters. The smallest absolute Gasteiger partial charge is 0.384 e. The maximum atomic E-state index is 12.9. The van der Waals surface area contributed by atoms with Gasteiger partial charge in [0.05, 0.1) is 22.0 Å². The molecule has 1 aliphatic rings. The van der Waals surface area contributed by atoms with Gasteiger partial charge in [0.15, 0.2) is 0 Å². The van der Waals surface area contributed by atoms with Crippen molar-refractivity contribution in [1.82, 2.24) is 15.6 Å². The molecule has 208 valence electrons. The van der Waals surface area contributed by atoms with E-state index in [-0.39, 0.29) is 17.5 Å². The van der Waals surface area contributed by atoms with Crippen LogP contribution in [0, 0.1) is 17.2 Å². The largest absolute Gasteiger partial charge is 0.416 e. The van der Waals surface area contributed by atoms with Crippen molar-refractivity contribution in [3.63, 3.8) is 0 Å². The van der Waals surface area contributed by atoms with Crippen LogP contribution < -0.4 is 10.6 Å². The molecule has 4 N–H and O–H groups in total. The van der Waals surface area contributed by atoms with Crippen molar-refractivity contribution in [2.45, 2.75) is 77.1 Å². The van der Waals surface area contributed by atoms with Crippen LogP contribution in [-0.2, 0) is 23.0 Å². The standard InChI is InChI=1S/C27H35F3N4O3S/c1-16(2)11-24-32-14-22(38-24)26(37)9-7-18(8-10-26)21(31)12-17(3)34-23(35)15-33-25(36)19-5-4-6-20(13-19)27(28,29)30/h4-6,13-14,16-18,31,37H,7-12,15H2,1-3H3,(H,33,36)(H,34,35)/t17-,18?,26?/m1/s1. The highest BCUT2D eigenvalue weighted by molar-refractivity contribution is 7.11. The number of rotatable bonds is 10. The van der Waals surface area contributed by atoms with Crippen LogP contribution in [0.1, 0.15) is 78.7 Å². The van der Waals surface area contributed by atoms with E-state index in [1.54, 1.807) is 24.5 Å². The molecule has 1 aliphatic carbocycles. The lowest BCUT2D eigenvalue weighted by Gasteiger charge is -2.35. The minimum absolute atomic E-state index is 0.0123. The Labute approximate surface area is 224 Å². The average Bonchev–Trinajstić information content (AvgIpc) is 3.31. The molecule has 7 nitrogen and oxygen atoms in total. The molecule has 3 rings (SSSR count). The molecule has 38 heavy (non-hydrogen) atoms. The monoisotopic (exact) mass is 552 g/mol. The highest BCUT2D eigenvalue weighted by Gasteiger charge is 2.38. The number of hydrogen-bond donors (Lipinski definition) is 4. The Bertz CT molecular complexity index is 1140. The first kappa shape index (κ1) is 29.8. The van der Waals surface area contributed by atoms with Crippen LogP contribution >= 0.6 is 11.3 Å². The first-order valence-electron chi connectivity index (χ1n) is 12.8. The molecule has 0 spiro atoms. The SMILES string of the molecule is CC(C)Cc1ncc(C2(O)CCC(C(=N)C[C@@H](C)NC(=O)CNC(=O)c3cccc(C(F)(F)F)c3)CC2)s1. The summed E-state index contributed by atoms with van der Waals surface area (Å²) in [6.45, 7) is 5.63. The molecule has 0 aliphatic heterocycles. The third-order valence-electron chi connectivity index (χ3n) is 6.70. The zero-order valence-corrected chi connectivity index (χ0v) is 22.6. The molecule has 1 fully saturated rings. The van der Waals surface area contributed by atoms with Gasteiger partial charge >= 0.3 is 6.18 Å². The first-order chi connectivity index (χ1) is 17.8. The van der Waals surface area contributed by atoms with Crippen LogP contribution in [0.15, 0.2) is 30.5 Å². The Hall–Kier alpha value is -2.79. The maximum Gasteiger partial charge on any atom is 0.416 e.